The molecule has 0 radical (unpaired) electrons. The lowest BCUT2D eigenvalue weighted by Gasteiger charge is -2.11. The molecule has 0 spiro atoms. The van der Waals surface area contributed by atoms with Crippen LogP contribution >= 0.6 is 15.9 Å². The number of amides is 1. The highest BCUT2D eigenvalue weighted by Gasteiger charge is 2.10. The van der Waals surface area contributed by atoms with Gasteiger partial charge in [0.25, 0.3) is 5.91 Å². The van der Waals surface area contributed by atoms with Gasteiger partial charge in [0.15, 0.2) is 6.61 Å². The zero-order valence-corrected chi connectivity index (χ0v) is 19.2. The van der Waals surface area contributed by atoms with Crippen molar-refractivity contribution >= 4 is 39.0 Å². The summed E-state index contributed by atoms with van der Waals surface area (Å²) in [4.78, 5) is 16.6. The summed E-state index contributed by atoms with van der Waals surface area (Å²) in [6.07, 6.45) is 2.39. The maximum atomic E-state index is 11.7. The Labute approximate surface area is 195 Å². The van der Waals surface area contributed by atoms with Crippen LogP contribution in [-0.2, 0) is 4.79 Å². The van der Waals surface area contributed by atoms with Crippen molar-refractivity contribution in [2.75, 3.05) is 6.61 Å². The fraction of sp³-hybridized carbons (Fsp3) is 0.115. The highest BCUT2D eigenvalue weighted by atomic mass is 79.9. The summed E-state index contributed by atoms with van der Waals surface area (Å²) in [5.41, 5.74) is 7.45. The first-order valence-corrected chi connectivity index (χ1v) is 11.1. The fourth-order valence-electron chi connectivity index (χ4n) is 3.31. The van der Waals surface area contributed by atoms with Gasteiger partial charge in [-0.05, 0) is 66.1 Å². The standard InChI is InChI=1S/C26H22BrN3O2/c1-2-14-28-30-26(31)17-32-21-11-8-19(9-12-21)25-16-22(18-6-4-3-5-7-18)23-15-20(27)10-13-24(23)29-25/h3-16H,2,17H2,1H3,(H,30,31)/b28-14-. The molecule has 6 heteroatoms. The van der Waals surface area contributed by atoms with Crippen LogP contribution in [0.1, 0.15) is 13.3 Å². The minimum Gasteiger partial charge on any atom is -0.484 e. The summed E-state index contributed by atoms with van der Waals surface area (Å²) in [7, 11) is 0. The molecule has 0 aliphatic rings. The predicted octanol–water partition coefficient (Wildman–Crippen LogP) is 6.22. The Bertz CT molecular complexity index is 1260. The number of nitrogens with zero attached hydrogens (tertiary/aromatic N) is 2. The molecule has 5 nitrogen and oxygen atoms in total. The number of benzene rings is 3. The lowest BCUT2D eigenvalue weighted by Crippen LogP contribution is -2.24. The summed E-state index contributed by atoms with van der Waals surface area (Å²) in [5, 5.41) is 4.89. The number of ether oxygens (including phenoxy) is 1. The van der Waals surface area contributed by atoms with Crippen molar-refractivity contribution in [3.8, 4) is 28.1 Å². The maximum absolute atomic E-state index is 11.7. The van der Waals surface area contributed by atoms with E-state index in [2.05, 4.69) is 50.7 Å². The van der Waals surface area contributed by atoms with Gasteiger partial charge in [-0.2, -0.15) is 5.10 Å². The third-order valence-corrected chi connectivity index (χ3v) is 5.33. The minimum absolute atomic E-state index is 0.0956. The van der Waals surface area contributed by atoms with Crippen molar-refractivity contribution in [1.82, 2.24) is 10.4 Å². The third kappa shape index (κ3) is 5.21. The summed E-state index contributed by atoms with van der Waals surface area (Å²) in [5.74, 6) is 0.310. The van der Waals surface area contributed by atoms with Crippen LogP contribution in [0, 0.1) is 0 Å². The number of hydrazone groups is 1. The SMILES string of the molecule is CC/C=N\NC(=O)COc1ccc(-c2cc(-c3ccccc3)c3cc(Br)ccc3n2)cc1. The zero-order valence-electron chi connectivity index (χ0n) is 17.6. The average molecular weight is 488 g/mol. The number of fused-ring (bicyclic) bond motifs is 1. The van der Waals surface area contributed by atoms with Crippen LogP contribution in [0.3, 0.4) is 0 Å². The number of pyridine rings is 1. The molecule has 0 aliphatic heterocycles. The Morgan fingerprint density at radius 2 is 1.81 bits per heavy atom. The van der Waals surface area contributed by atoms with E-state index in [0.717, 1.165) is 44.2 Å². The van der Waals surface area contributed by atoms with Gasteiger partial charge in [-0.1, -0.05) is 53.2 Å². The van der Waals surface area contributed by atoms with Gasteiger partial charge in [0.05, 0.1) is 11.2 Å². The van der Waals surface area contributed by atoms with Crippen LogP contribution in [-0.4, -0.2) is 23.7 Å². The topological polar surface area (TPSA) is 63.6 Å². The molecular weight excluding hydrogens is 466 g/mol. The Balaban J connectivity index is 1.60. The molecule has 0 aliphatic carbocycles. The Morgan fingerprint density at radius 3 is 2.56 bits per heavy atom. The average Bonchev–Trinajstić information content (AvgIpc) is 2.83. The van der Waals surface area contributed by atoms with E-state index >= 15 is 0 Å². The summed E-state index contributed by atoms with van der Waals surface area (Å²) in [6.45, 7) is 1.85. The lowest BCUT2D eigenvalue weighted by molar-refractivity contribution is -0.123. The molecule has 1 aromatic heterocycles. The first kappa shape index (κ1) is 21.7. The number of carbonyl (C=O) groups is 1. The van der Waals surface area contributed by atoms with Gasteiger partial charge in [-0.25, -0.2) is 10.4 Å². The van der Waals surface area contributed by atoms with E-state index in [1.54, 1.807) is 6.21 Å². The monoisotopic (exact) mass is 487 g/mol. The van der Waals surface area contributed by atoms with Gasteiger partial charge < -0.3 is 4.74 Å². The molecule has 4 rings (SSSR count). The molecule has 32 heavy (non-hydrogen) atoms. The molecule has 1 amide bonds. The van der Waals surface area contributed by atoms with E-state index < -0.39 is 0 Å². The van der Waals surface area contributed by atoms with Crippen molar-refractivity contribution in [3.63, 3.8) is 0 Å². The third-order valence-electron chi connectivity index (χ3n) is 4.84. The molecule has 3 aromatic carbocycles. The van der Waals surface area contributed by atoms with E-state index in [1.165, 1.54) is 0 Å². The lowest BCUT2D eigenvalue weighted by atomic mass is 9.98. The summed E-state index contributed by atoms with van der Waals surface area (Å²) < 4.78 is 6.57. The summed E-state index contributed by atoms with van der Waals surface area (Å²) in [6, 6.07) is 26.1. The second-order valence-electron chi connectivity index (χ2n) is 7.15. The van der Waals surface area contributed by atoms with E-state index in [0.29, 0.717) is 5.75 Å². The number of hydrogen-bond donors (Lipinski definition) is 1. The number of halogens is 1. The van der Waals surface area contributed by atoms with E-state index in [4.69, 9.17) is 9.72 Å². The number of carbonyl (C=O) groups excluding carboxylic acids is 1. The quantitative estimate of drug-likeness (QED) is 0.248. The number of aromatic nitrogens is 1. The fourth-order valence-corrected chi connectivity index (χ4v) is 3.68. The number of rotatable bonds is 7. The van der Waals surface area contributed by atoms with Gasteiger partial charge in [0.2, 0.25) is 0 Å². The Kier molecular flexibility index (Phi) is 6.92. The molecule has 160 valence electrons. The second-order valence-corrected chi connectivity index (χ2v) is 8.07. The van der Waals surface area contributed by atoms with Crippen molar-refractivity contribution in [1.29, 1.82) is 0 Å². The molecular formula is C26H22BrN3O2. The van der Waals surface area contributed by atoms with E-state index in [9.17, 15) is 4.79 Å². The molecule has 0 saturated carbocycles. The van der Waals surface area contributed by atoms with Crippen molar-refractivity contribution in [2.24, 2.45) is 5.10 Å². The summed E-state index contributed by atoms with van der Waals surface area (Å²) >= 11 is 3.58. The smallest absolute Gasteiger partial charge is 0.277 e. The minimum atomic E-state index is -0.298. The van der Waals surface area contributed by atoms with Gasteiger partial charge in [-0.15, -0.1) is 0 Å². The molecule has 1 N–H and O–H groups in total. The molecule has 0 fully saturated rings. The first-order valence-electron chi connectivity index (χ1n) is 10.3. The van der Waals surface area contributed by atoms with Crippen LogP contribution in [0.5, 0.6) is 5.75 Å². The van der Waals surface area contributed by atoms with Crippen LogP contribution < -0.4 is 10.2 Å². The number of hydrogen-bond acceptors (Lipinski definition) is 4. The van der Waals surface area contributed by atoms with E-state index in [-0.39, 0.29) is 12.5 Å². The molecule has 1 heterocycles. The highest BCUT2D eigenvalue weighted by molar-refractivity contribution is 9.10. The van der Waals surface area contributed by atoms with Gasteiger partial charge in [-0.3, -0.25) is 4.79 Å². The maximum Gasteiger partial charge on any atom is 0.277 e. The van der Waals surface area contributed by atoms with Gasteiger partial charge in [0.1, 0.15) is 5.75 Å². The molecule has 0 unspecified atom stereocenters. The Morgan fingerprint density at radius 1 is 1.03 bits per heavy atom. The predicted molar refractivity (Wildman–Crippen MR) is 133 cm³/mol. The van der Waals surface area contributed by atoms with Crippen LogP contribution in [0.15, 0.2) is 88.4 Å². The second kappa shape index (κ2) is 10.2. The van der Waals surface area contributed by atoms with Crippen LogP contribution in [0.25, 0.3) is 33.3 Å². The molecule has 0 atom stereocenters. The van der Waals surface area contributed by atoms with Crippen LogP contribution in [0.4, 0.5) is 0 Å². The van der Waals surface area contributed by atoms with Crippen molar-refractivity contribution < 1.29 is 9.53 Å². The van der Waals surface area contributed by atoms with Crippen molar-refractivity contribution in [2.45, 2.75) is 13.3 Å². The van der Waals surface area contributed by atoms with Gasteiger partial charge >= 0.3 is 0 Å². The number of nitrogens with one attached hydrogen (secondary N) is 1. The van der Waals surface area contributed by atoms with E-state index in [1.807, 2.05) is 61.5 Å². The first-order chi connectivity index (χ1) is 15.6. The van der Waals surface area contributed by atoms with Crippen molar-refractivity contribution in [3.05, 3.63) is 83.3 Å². The van der Waals surface area contributed by atoms with Crippen LogP contribution in [0.2, 0.25) is 0 Å². The zero-order chi connectivity index (χ0) is 22.3. The Hall–Kier alpha value is -3.51. The normalized spacial score (nSPS) is 11.1. The highest BCUT2D eigenvalue weighted by Crippen LogP contribution is 2.33. The molecule has 0 saturated heterocycles. The van der Waals surface area contributed by atoms with Gasteiger partial charge in [0, 0.05) is 21.6 Å². The molecule has 4 aromatic rings. The largest absolute Gasteiger partial charge is 0.484 e. The molecule has 0 bridgehead atoms.